The highest BCUT2D eigenvalue weighted by Gasteiger charge is 2.12. The van der Waals surface area contributed by atoms with E-state index in [0.29, 0.717) is 6.42 Å². The van der Waals surface area contributed by atoms with E-state index in [-0.39, 0.29) is 10.9 Å². The van der Waals surface area contributed by atoms with Gasteiger partial charge >= 0.3 is 0 Å². The molecular formula is C11H18N2O2S. The molecule has 0 radical (unpaired) electrons. The Balaban J connectivity index is 2.80. The molecule has 0 amide bonds. The molecule has 4 nitrogen and oxygen atoms in total. The summed E-state index contributed by atoms with van der Waals surface area (Å²) < 4.78 is 22.6. The Morgan fingerprint density at radius 3 is 2.50 bits per heavy atom. The van der Waals surface area contributed by atoms with Gasteiger partial charge in [0.1, 0.15) is 0 Å². The van der Waals surface area contributed by atoms with Crippen LogP contribution in [0.5, 0.6) is 0 Å². The van der Waals surface area contributed by atoms with Crippen molar-refractivity contribution in [1.29, 1.82) is 0 Å². The molecule has 1 aromatic carbocycles. The van der Waals surface area contributed by atoms with Gasteiger partial charge in [-0.2, -0.15) is 0 Å². The van der Waals surface area contributed by atoms with Crippen LogP contribution in [0.15, 0.2) is 29.2 Å². The second-order valence-electron chi connectivity index (χ2n) is 4.02. The Kier molecular flexibility index (Phi) is 4.46. The maximum absolute atomic E-state index is 11.3. The molecule has 0 heterocycles. The molecule has 90 valence electrons. The third kappa shape index (κ3) is 3.92. The molecule has 0 aliphatic heterocycles. The van der Waals surface area contributed by atoms with Gasteiger partial charge in [-0.15, -0.1) is 0 Å². The molecule has 5 heteroatoms. The summed E-state index contributed by atoms with van der Waals surface area (Å²) in [6.45, 7) is 1.94. The summed E-state index contributed by atoms with van der Waals surface area (Å²) >= 11 is 0. The molecule has 0 spiro atoms. The predicted molar refractivity (Wildman–Crippen MR) is 64.4 cm³/mol. The zero-order valence-electron chi connectivity index (χ0n) is 9.39. The van der Waals surface area contributed by atoms with E-state index in [1.807, 2.05) is 13.0 Å². The molecule has 16 heavy (non-hydrogen) atoms. The molecule has 0 aliphatic carbocycles. The van der Waals surface area contributed by atoms with Crippen molar-refractivity contribution < 1.29 is 8.42 Å². The first kappa shape index (κ1) is 13.2. The van der Waals surface area contributed by atoms with Crippen LogP contribution in [-0.4, -0.2) is 14.5 Å². The summed E-state index contributed by atoms with van der Waals surface area (Å²) in [6, 6.07) is 6.96. The SMILES string of the molecule is CC(N)CCCc1ccccc1S(N)(=O)=O. The lowest BCUT2D eigenvalue weighted by molar-refractivity contribution is 0.593. The lowest BCUT2D eigenvalue weighted by Crippen LogP contribution is -2.16. The van der Waals surface area contributed by atoms with Crippen molar-refractivity contribution in [1.82, 2.24) is 0 Å². The van der Waals surface area contributed by atoms with Crippen molar-refractivity contribution in [3.05, 3.63) is 29.8 Å². The minimum absolute atomic E-state index is 0.140. The van der Waals surface area contributed by atoms with Gasteiger partial charge in [0.15, 0.2) is 0 Å². The maximum atomic E-state index is 11.3. The van der Waals surface area contributed by atoms with E-state index < -0.39 is 10.0 Å². The van der Waals surface area contributed by atoms with E-state index in [1.54, 1.807) is 12.1 Å². The molecule has 0 saturated carbocycles. The summed E-state index contributed by atoms with van der Waals surface area (Å²) in [5.74, 6) is 0. The van der Waals surface area contributed by atoms with Crippen molar-refractivity contribution in [3.63, 3.8) is 0 Å². The standard InChI is InChI=1S/C11H18N2O2S/c1-9(12)5-4-7-10-6-2-3-8-11(10)16(13,14)15/h2-3,6,8-9H,4-5,7,12H2,1H3,(H2,13,14,15). The van der Waals surface area contributed by atoms with Crippen LogP contribution in [0.3, 0.4) is 0 Å². The van der Waals surface area contributed by atoms with Gasteiger partial charge < -0.3 is 5.73 Å². The van der Waals surface area contributed by atoms with E-state index in [9.17, 15) is 8.42 Å². The van der Waals surface area contributed by atoms with E-state index in [4.69, 9.17) is 10.9 Å². The van der Waals surface area contributed by atoms with Gasteiger partial charge in [-0.25, -0.2) is 13.6 Å². The number of sulfonamides is 1. The topological polar surface area (TPSA) is 86.2 Å². The van der Waals surface area contributed by atoms with Crippen molar-refractivity contribution in [2.45, 2.75) is 37.1 Å². The highest BCUT2D eigenvalue weighted by molar-refractivity contribution is 7.89. The minimum Gasteiger partial charge on any atom is -0.328 e. The number of hydrogen-bond donors (Lipinski definition) is 2. The van der Waals surface area contributed by atoms with E-state index in [2.05, 4.69) is 0 Å². The molecule has 4 N–H and O–H groups in total. The molecule has 0 aromatic heterocycles. The average Bonchev–Trinajstić information content (AvgIpc) is 2.16. The summed E-state index contributed by atoms with van der Waals surface area (Å²) in [5.41, 5.74) is 6.41. The smallest absolute Gasteiger partial charge is 0.238 e. The Bertz CT molecular complexity index is 441. The third-order valence-electron chi connectivity index (χ3n) is 2.38. The zero-order chi connectivity index (χ0) is 12.2. The van der Waals surface area contributed by atoms with Gasteiger partial charge in [0.25, 0.3) is 0 Å². The summed E-state index contributed by atoms with van der Waals surface area (Å²) in [6.07, 6.45) is 2.43. The first-order valence-corrected chi connectivity index (χ1v) is 6.82. The normalized spacial score (nSPS) is 13.7. The predicted octanol–water partition coefficient (Wildman–Crippen LogP) is 1.00. The Morgan fingerprint density at radius 2 is 1.94 bits per heavy atom. The number of hydrogen-bond acceptors (Lipinski definition) is 3. The van der Waals surface area contributed by atoms with Crippen LogP contribution in [0.4, 0.5) is 0 Å². The minimum atomic E-state index is -3.62. The Morgan fingerprint density at radius 1 is 1.31 bits per heavy atom. The lowest BCUT2D eigenvalue weighted by Gasteiger charge is -2.08. The first-order chi connectivity index (χ1) is 7.41. The zero-order valence-corrected chi connectivity index (χ0v) is 10.2. The molecule has 1 atom stereocenters. The van der Waals surface area contributed by atoms with Crippen LogP contribution >= 0.6 is 0 Å². The monoisotopic (exact) mass is 242 g/mol. The fraction of sp³-hybridized carbons (Fsp3) is 0.455. The van der Waals surface area contributed by atoms with Crippen LogP contribution in [0.25, 0.3) is 0 Å². The van der Waals surface area contributed by atoms with Gasteiger partial charge in [-0.1, -0.05) is 18.2 Å². The molecule has 1 unspecified atom stereocenters. The van der Waals surface area contributed by atoms with E-state index in [1.165, 1.54) is 6.07 Å². The van der Waals surface area contributed by atoms with Crippen molar-refractivity contribution in [2.24, 2.45) is 10.9 Å². The van der Waals surface area contributed by atoms with Gasteiger partial charge in [0.2, 0.25) is 10.0 Å². The molecule has 0 fully saturated rings. The Hall–Kier alpha value is -0.910. The number of primary sulfonamides is 1. The van der Waals surface area contributed by atoms with Crippen LogP contribution in [0, 0.1) is 0 Å². The quantitative estimate of drug-likeness (QED) is 0.807. The lowest BCUT2D eigenvalue weighted by atomic mass is 10.1. The van der Waals surface area contributed by atoms with E-state index in [0.717, 1.165) is 18.4 Å². The van der Waals surface area contributed by atoms with Crippen LogP contribution in [-0.2, 0) is 16.4 Å². The summed E-state index contributed by atoms with van der Waals surface area (Å²) in [7, 11) is -3.62. The number of rotatable bonds is 5. The number of nitrogens with two attached hydrogens (primary N) is 2. The maximum Gasteiger partial charge on any atom is 0.238 e. The molecule has 1 rings (SSSR count). The molecular weight excluding hydrogens is 224 g/mol. The fourth-order valence-electron chi connectivity index (χ4n) is 1.60. The van der Waals surface area contributed by atoms with Gasteiger partial charge in [-0.3, -0.25) is 0 Å². The molecule has 1 aromatic rings. The van der Waals surface area contributed by atoms with Gasteiger partial charge in [-0.05, 0) is 37.8 Å². The highest BCUT2D eigenvalue weighted by Crippen LogP contribution is 2.16. The average molecular weight is 242 g/mol. The summed E-state index contributed by atoms with van der Waals surface area (Å²) in [4.78, 5) is 0.222. The van der Waals surface area contributed by atoms with Crippen LogP contribution < -0.4 is 10.9 Å². The number of aryl methyl sites for hydroxylation is 1. The number of benzene rings is 1. The van der Waals surface area contributed by atoms with Crippen molar-refractivity contribution in [2.75, 3.05) is 0 Å². The van der Waals surface area contributed by atoms with Gasteiger partial charge in [0, 0.05) is 6.04 Å². The second kappa shape index (κ2) is 5.43. The summed E-state index contributed by atoms with van der Waals surface area (Å²) in [5, 5.41) is 5.14. The van der Waals surface area contributed by atoms with Crippen molar-refractivity contribution >= 4 is 10.0 Å². The molecule has 0 bridgehead atoms. The Labute approximate surface area is 96.7 Å². The fourth-order valence-corrected chi connectivity index (χ4v) is 2.41. The van der Waals surface area contributed by atoms with E-state index >= 15 is 0 Å². The third-order valence-corrected chi connectivity index (χ3v) is 3.40. The van der Waals surface area contributed by atoms with Crippen molar-refractivity contribution in [3.8, 4) is 0 Å². The second-order valence-corrected chi connectivity index (χ2v) is 5.55. The highest BCUT2D eigenvalue weighted by atomic mass is 32.2. The molecule has 0 aliphatic rings. The molecule has 0 saturated heterocycles. The van der Waals surface area contributed by atoms with Crippen LogP contribution in [0.2, 0.25) is 0 Å². The van der Waals surface area contributed by atoms with Crippen LogP contribution in [0.1, 0.15) is 25.3 Å². The largest absolute Gasteiger partial charge is 0.328 e. The first-order valence-electron chi connectivity index (χ1n) is 5.27. The van der Waals surface area contributed by atoms with Gasteiger partial charge in [0.05, 0.1) is 4.90 Å².